The van der Waals surface area contributed by atoms with E-state index in [9.17, 15) is 4.79 Å². The quantitative estimate of drug-likeness (QED) is 0.769. The summed E-state index contributed by atoms with van der Waals surface area (Å²) >= 11 is 0. The van der Waals surface area contributed by atoms with Crippen molar-refractivity contribution in [1.29, 1.82) is 0 Å². The summed E-state index contributed by atoms with van der Waals surface area (Å²) in [5.41, 5.74) is -0.109. The van der Waals surface area contributed by atoms with Gasteiger partial charge in [0.1, 0.15) is 6.10 Å². The molecule has 0 saturated heterocycles. The largest absolute Gasteiger partial charge is 0.476 e. The van der Waals surface area contributed by atoms with Crippen molar-refractivity contribution < 1.29 is 19.4 Å². The van der Waals surface area contributed by atoms with E-state index >= 15 is 0 Å². The number of aromatic nitrogens is 2. The van der Waals surface area contributed by atoms with E-state index in [1.807, 2.05) is 6.92 Å². The first-order chi connectivity index (χ1) is 7.13. The number of rotatable bonds is 5. The van der Waals surface area contributed by atoms with Gasteiger partial charge in [-0.15, -0.1) is 10.2 Å². The number of methoxy groups -OCH3 is 1. The smallest absolute Gasteiger partial charge is 0.356 e. The van der Waals surface area contributed by atoms with Crippen LogP contribution in [0, 0.1) is 0 Å². The van der Waals surface area contributed by atoms with Crippen molar-refractivity contribution in [2.24, 2.45) is 0 Å². The van der Waals surface area contributed by atoms with Crippen molar-refractivity contribution in [2.75, 3.05) is 13.7 Å². The van der Waals surface area contributed by atoms with E-state index in [0.717, 1.165) is 0 Å². The summed E-state index contributed by atoms with van der Waals surface area (Å²) in [6.07, 6.45) is -0.153. The molecule has 1 atom stereocenters. The third kappa shape index (κ3) is 3.51. The van der Waals surface area contributed by atoms with Crippen LogP contribution in [0.15, 0.2) is 12.1 Å². The number of nitrogens with zero attached hydrogens (tertiary/aromatic N) is 2. The second-order valence-electron chi connectivity index (χ2n) is 2.95. The summed E-state index contributed by atoms with van der Waals surface area (Å²) < 4.78 is 10.2. The molecule has 6 nitrogen and oxygen atoms in total. The van der Waals surface area contributed by atoms with Gasteiger partial charge in [0.05, 0.1) is 6.61 Å². The molecule has 0 radical (unpaired) electrons. The van der Waals surface area contributed by atoms with Gasteiger partial charge in [-0.05, 0) is 13.0 Å². The lowest BCUT2D eigenvalue weighted by Gasteiger charge is -2.11. The number of hydrogen-bond acceptors (Lipinski definition) is 5. The van der Waals surface area contributed by atoms with Crippen LogP contribution in [0.5, 0.6) is 5.88 Å². The predicted molar refractivity (Wildman–Crippen MR) is 51.0 cm³/mol. The predicted octanol–water partition coefficient (Wildman–Crippen LogP) is 0.589. The fraction of sp³-hybridized carbons (Fsp3) is 0.444. The summed E-state index contributed by atoms with van der Waals surface area (Å²) in [5, 5.41) is 15.7. The van der Waals surface area contributed by atoms with Crippen LogP contribution in [0.1, 0.15) is 17.4 Å². The van der Waals surface area contributed by atoms with E-state index in [2.05, 4.69) is 10.2 Å². The van der Waals surface area contributed by atoms with Gasteiger partial charge in [-0.2, -0.15) is 0 Å². The molecule has 0 aliphatic rings. The molecule has 0 aliphatic carbocycles. The van der Waals surface area contributed by atoms with Crippen LogP contribution >= 0.6 is 0 Å². The Kier molecular flexibility index (Phi) is 3.99. The van der Waals surface area contributed by atoms with E-state index in [1.165, 1.54) is 12.1 Å². The molecule has 0 amide bonds. The summed E-state index contributed by atoms with van der Waals surface area (Å²) in [6, 6.07) is 2.80. The van der Waals surface area contributed by atoms with E-state index in [4.69, 9.17) is 14.6 Å². The minimum absolute atomic E-state index is 0.109. The molecule has 1 rings (SSSR count). The maximum absolute atomic E-state index is 10.5. The summed E-state index contributed by atoms with van der Waals surface area (Å²) in [6.45, 7) is 2.25. The zero-order chi connectivity index (χ0) is 11.3. The Bertz CT molecular complexity index is 325. The van der Waals surface area contributed by atoms with Gasteiger partial charge in [0.2, 0.25) is 5.88 Å². The molecule has 0 aromatic carbocycles. The normalized spacial score (nSPS) is 12.1. The van der Waals surface area contributed by atoms with Crippen LogP contribution in [0.4, 0.5) is 0 Å². The fourth-order valence-electron chi connectivity index (χ4n) is 0.972. The second kappa shape index (κ2) is 5.26. The Morgan fingerprint density at radius 1 is 1.53 bits per heavy atom. The van der Waals surface area contributed by atoms with Gasteiger partial charge >= 0.3 is 5.97 Å². The molecule has 1 aromatic heterocycles. The zero-order valence-corrected chi connectivity index (χ0v) is 8.51. The Morgan fingerprint density at radius 3 is 2.73 bits per heavy atom. The van der Waals surface area contributed by atoms with Crippen LogP contribution in [-0.4, -0.2) is 41.1 Å². The van der Waals surface area contributed by atoms with E-state index in [1.54, 1.807) is 7.11 Å². The van der Waals surface area contributed by atoms with Gasteiger partial charge in [-0.25, -0.2) is 4.79 Å². The monoisotopic (exact) mass is 212 g/mol. The number of hydrogen-bond donors (Lipinski definition) is 1. The zero-order valence-electron chi connectivity index (χ0n) is 8.51. The Labute approximate surface area is 86.8 Å². The van der Waals surface area contributed by atoms with Gasteiger partial charge in [0.15, 0.2) is 5.69 Å². The van der Waals surface area contributed by atoms with E-state index < -0.39 is 5.97 Å². The highest BCUT2D eigenvalue weighted by atomic mass is 16.5. The molecular weight excluding hydrogens is 200 g/mol. The average molecular weight is 212 g/mol. The third-order valence-electron chi connectivity index (χ3n) is 1.58. The SMILES string of the molecule is COCC(C)Oc1ccc(C(=O)O)nn1. The van der Waals surface area contributed by atoms with Crippen LogP contribution in [0.2, 0.25) is 0 Å². The molecule has 1 unspecified atom stereocenters. The molecule has 0 spiro atoms. The maximum atomic E-state index is 10.5. The van der Waals surface area contributed by atoms with E-state index in [-0.39, 0.29) is 17.7 Å². The third-order valence-corrected chi connectivity index (χ3v) is 1.58. The lowest BCUT2D eigenvalue weighted by molar-refractivity contribution is 0.0687. The lowest BCUT2D eigenvalue weighted by atomic mass is 10.4. The number of carboxylic acids is 1. The maximum Gasteiger partial charge on any atom is 0.356 e. The van der Waals surface area contributed by atoms with Crippen molar-refractivity contribution >= 4 is 5.97 Å². The van der Waals surface area contributed by atoms with Gasteiger partial charge in [0, 0.05) is 13.2 Å². The Hall–Kier alpha value is -1.69. The van der Waals surface area contributed by atoms with Gasteiger partial charge in [0.25, 0.3) is 0 Å². The summed E-state index contributed by atoms with van der Waals surface area (Å²) in [7, 11) is 1.57. The molecule has 0 fully saturated rings. The van der Waals surface area contributed by atoms with Crippen LogP contribution in [0.25, 0.3) is 0 Å². The number of ether oxygens (including phenoxy) is 2. The first kappa shape index (κ1) is 11.4. The second-order valence-corrected chi connectivity index (χ2v) is 2.95. The minimum atomic E-state index is -1.11. The highest BCUT2D eigenvalue weighted by Crippen LogP contribution is 2.07. The van der Waals surface area contributed by atoms with Gasteiger partial charge in [-0.1, -0.05) is 0 Å². The lowest BCUT2D eigenvalue weighted by Crippen LogP contribution is -2.19. The average Bonchev–Trinajstić information content (AvgIpc) is 2.18. The molecule has 15 heavy (non-hydrogen) atoms. The Balaban J connectivity index is 2.60. The van der Waals surface area contributed by atoms with Crippen LogP contribution in [0.3, 0.4) is 0 Å². The van der Waals surface area contributed by atoms with Crippen LogP contribution in [-0.2, 0) is 4.74 Å². The number of aromatic carboxylic acids is 1. The van der Waals surface area contributed by atoms with Gasteiger partial charge < -0.3 is 14.6 Å². The van der Waals surface area contributed by atoms with Crippen molar-refractivity contribution in [2.45, 2.75) is 13.0 Å². The highest BCUT2D eigenvalue weighted by molar-refractivity contribution is 5.84. The topological polar surface area (TPSA) is 81.5 Å². The number of carbonyl (C=O) groups is 1. The first-order valence-corrected chi connectivity index (χ1v) is 4.36. The standard InChI is InChI=1S/C9H12N2O4/c1-6(5-14-2)15-8-4-3-7(9(12)13)10-11-8/h3-4,6H,5H2,1-2H3,(H,12,13). The molecule has 0 saturated carbocycles. The van der Waals surface area contributed by atoms with Crippen molar-refractivity contribution in [3.8, 4) is 5.88 Å². The molecule has 1 heterocycles. The first-order valence-electron chi connectivity index (χ1n) is 4.36. The molecule has 1 aromatic rings. The molecule has 0 bridgehead atoms. The van der Waals surface area contributed by atoms with Crippen molar-refractivity contribution in [3.63, 3.8) is 0 Å². The fourth-order valence-corrected chi connectivity index (χ4v) is 0.972. The van der Waals surface area contributed by atoms with E-state index in [0.29, 0.717) is 6.61 Å². The van der Waals surface area contributed by atoms with Gasteiger partial charge in [-0.3, -0.25) is 0 Å². The highest BCUT2D eigenvalue weighted by Gasteiger charge is 2.08. The molecule has 1 N–H and O–H groups in total. The molecule has 6 heteroatoms. The summed E-state index contributed by atoms with van der Waals surface area (Å²) in [4.78, 5) is 10.5. The molecular formula is C9H12N2O4. The Morgan fingerprint density at radius 2 is 2.27 bits per heavy atom. The van der Waals surface area contributed by atoms with Crippen molar-refractivity contribution in [1.82, 2.24) is 10.2 Å². The minimum Gasteiger partial charge on any atom is -0.476 e. The number of carboxylic acid groups (broad SMARTS) is 1. The molecule has 82 valence electrons. The summed E-state index contributed by atoms with van der Waals surface area (Å²) in [5.74, 6) is -0.830. The van der Waals surface area contributed by atoms with Crippen LogP contribution < -0.4 is 4.74 Å². The van der Waals surface area contributed by atoms with Crippen molar-refractivity contribution in [3.05, 3.63) is 17.8 Å². The molecule has 0 aliphatic heterocycles.